The number of aryl methyl sites for hydroxylation is 2. The van der Waals surface area contributed by atoms with E-state index < -0.39 is 0 Å². The highest BCUT2D eigenvalue weighted by atomic mass is 32.2. The molecule has 0 bridgehead atoms. The van der Waals surface area contributed by atoms with Crippen LogP contribution in [0.1, 0.15) is 43.1 Å². The van der Waals surface area contributed by atoms with Crippen molar-refractivity contribution < 1.29 is 4.79 Å². The molecule has 0 aliphatic rings. The Hall–Kier alpha value is -2.93. The Bertz CT molecular complexity index is 1310. The number of aromatic nitrogens is 4. The summed E-state index contributed by atoms with van der Waals surface area (Å²) >= 11 is 1.37. The number of Topliss-reactive ketones (excluding diaryl/α,β-unsaturated/α-hetero) is 1. The number of para-hydroxylation sites is 1. The molecule has 0 aliphatic heterocycles. The highest BCUT2D eigenvalue weighted by molar-refractivity contribution is 8.00. The third-order valence-electron chi connectivity index (χ3n) is 5.40. The Morgan fingerprint density at radius 2 is 1.74 bits per heavy atom. The second kappa shape index (κ2) is 8.67. The van der Waals surface area contributed by atoms with Crippen molar-refractivity contribution in [2.75, 3.05) is 0 Å². The number of ketones is 1. The molecule has 0 radical (unpaired) electrons. The van der Waals surface area contributed by atoms with Crippen molar-refractivity contribution in [3.05, 3.63) is 70.0 Å². The Balaban J connectivity index is 1.77. The number of rotatable bonds is 7. The van der Waals surface area contributed by atoms with Gasteiger partial charge in [0.05, 0.1) is 16.2 Å². The van der Waals surface area contributed by atoms with E-state index in [4.69, 9.17) is 0 Å². The standard InChI is InChI=1S/C24H26N4O2S/c1-15(2)13-14-27-22(30)19-7-5-6-8-20(19)28-23(27)25-26-24(28)31-17(4)21(29)18-11-9-16(3)10-12-18/h5-12,15,17H,13-14H2,1-4H3. The smallest absolute Gasteiger partial charge is 0.262 e. The number of benzene rings is 2. The van der Waals surface area contributed by atoms with Crippen LogP contribution in [0.3, 0.4) is 0 Å². The van der Waals surface area contributed by atoms with Crippen LogP contribution in [-0.2, 0) is 6.54 Å². The predicted molar refractivity (Wildman–Crippen MR) is 125 cm³/mol. The summed E-state index contributed by atoms with van der Waals surface area (Å²) in [4.78, 5) is 26.1. The van der Waals surface area contributed by atoms with Crippen LogP contribution in [0.5, 0.6) is 0 Å². The number of nitrogens with zero attached hydrogens (tertiary/aromatic N) is 4. The molecule has 2 aromatic heterocycles. The van der Waals surface area contributed by atoms with E-state index in [0.29, 0.717) is 34.3 Å². The van der Waals surface area contributed by atoms with Gasteiger partial charge in [-0.05, 0) is 38.3 Å². The van der Waals surface area contributed by atoms with E-state index in [-0.39, 0.29) is 16.6 Å². The first kappa shape index (κ1) is 21.3. The van der Waals surface area contributed by atoms with Crippen molar-refractivity contribution in [1.82, 2.24) is 19.2 Å². The van der Waals surface area contributed by atoms with Crippen LogP contribution in [0.25, 0.3) is 16.7 Å². The molecule has 0 aliphatic carbocycles. The van der Waals surface area contributed by atoms with Gasteiger partial charge >= 0.3 is 0 Å². The van der Waals surface area contributed by atoms with Gasteiger partial charge in [0.25, 0.3) is 5.56 Å². The van der Waals surface area contributed by atoms with Crippen molar-refractivity contribution in [1.29, 1.82) is 0 Å². The molecule has 0 saturated heterocycles. The Morgan fingerprint density at radius 3 is 2.45 bits per heavy atom. The van der Waals surface area contributed by atoms with Crippen LogP contribution in [0, 0.1) is 12.8 Å². The fourth-order valence-corrected chi connectivity index (χ4v) is 4.50. The van der Waals surface area contributed by atoms with E-state index in [1.165, 1.54) is 11.8 Å². The summed E-state index contributed by atoms with van der Waals surface area (Å²) in [5.74, 6) is 1.02. The average Bonchev–Trinajstić information content (AvgIpc) is 3.17. The maximum Gasteiger partial charge on any atom is 0.262 e. The predicted octanol–water partition coefficient (Wildman–Crippen LogP) is 4.76. The largest absolute Gasteiger partial charge is 0.293 e. The number of carbonyl (C=O) groups is 1. The molecule has 6 nitrogen and oxygen atoms in total. The molecular formula is C24H26N4O2S. The number of fused-ring (bicyclic) bond motifs is 3. The second-order valence-electron chi connectivity index (χ2n) is 8.26. The van der Waals surface area contributed by atoms with E-state index >= 15 is 0 Å². The Kier molecular flexibility index (Phi) is 5.96. The lowest BCUT2D eigenvalue weighted by molar-refractivity contribution is 0.0994. The fraction of sp³-hybridized carbons (Fsp3) is 0.333. The number of hydrogen-bond acceptors (Lipinski definition) is 5. The van der Waals surface area contributed by atoms with Crippen LogP contribution in [0.15, 0.2) is 58.5 Å². The van der Waals surface area contributed by atoms with E-state index in [9.17, 15) is 9.59 Å². The van der Waals surface area contributed by atoms with Crippen molar-refractivity contribution in [3.63, 3.8) is 0 Å². The minimum Gasteiger partial charge on any atom is -0.293 e. The SMILES string of the molecule is Cc1ccc(C(=O)C(C)Sc2nnc3n(CCC(C)C)c(=O)c4ccccc4n23)cc1. The normalized spacial score (nSPS) is 12.7. The highest BCUT2D eigenvalue weighted by Gasteiger charge is 2.22. The van der Waals surface area contributed by atoms with Crippen molar-refractivity contribution >= 4 is 34.2 Å². The van der Waals surface area contributed by atoms with Gasteiger partial charge in [0, 0.05) is 12.1 Å². The van der Waals surface area contributed by atoms with Crippen LogP contribution in [0.2, 0.25) is 0 Å². The number of carbonyl (C=O) groups excluding carboxylic acids is 1. The summed E-state index contributed by atoms with van der Waals surface area (Å²) < 4.78 is 3.60. The monoisotopic (exact) mass is 434 g/mol. The fourth-order valence-electron chi connectivity index (χ4n) is 3.56. The number of thioether (sulfide) groups is 1. The lowest BCUT2D eigenvalue weighted by Gasteiger charge is -2.13. The van der Waals surface area contributed by atoms with Crippen molar-refractivity contribution in [3.8, 4) is 0 Å². The minimum absolute atomic E-state index is 0.0409. The molecule has 160 valence electrons. The minimum atomic E-state index is -0.343. The zero-order valence-electron chi connectivity index (χ0n) is 18.2. The van der Waals surface area contributed by atoms with E-state index in [1.54, 1.807) is 4.57 Å². The van der Waals surface area contributed by atoms with Crippen molar-refractivity contribution in [2.24, 2.45) is 5.92 Å². The topological polar surface area (TPSA) is 69.3 Å². The van der Waals surface area contributed by atoms with Gasteiger partial charge in [-0.25, -0.2) is 0 Å². The molecule has 31 heavy (non-hydrogen) atoms. The van der Waals surface area contributed by atoms with Gasteiger partial charge < -0.3 is 0 Å². The van der Waals surface area contributed by atoms with Crippen molar-refractivity contribution in [2.45, 2.75) is 51.1 Å². The molecule has 0 saturated carbocycles. The summed E-state index contributed by atoms with van der Waals surface area (Å²) in [5.41, 5.74) is 2.49. The molecule has 2 aromatic carbocycles. The Morgan fingerprint density at radius 1 is 1.03 bits per heavy atom. The Labute approximate surface area is 185 Å². The first-order valence-electron chi connectivity index (χ1n) is 10.5. The second-order valence-corrected chi connectivity index (χ2v) is 9.57. The molecule has 0 fully saturated rings. The van der Waals surface area contributed by atoms with Crippen LogP contribution >= 0.6 is 11.8 Å². The van der Waals surface area contributed by atoms with Gasteiger partial charge in [-0.3, -0.25) is 18.6 Å². The zero-order valence-corrected chi connectivity index (χ0v) is 19.0. The molecule has 0 spiro atoms. The quantitative estimate of drug-likeness (QED) is 0.310. The van der Waals surface area contributed by atoms with Gasteiger partial charge in [0.15, 0.2) is 10.9 Å². The zero-order chi connectivity index (χ0) is 22.1. The maximum atomic E-state index is 13.1. The molecule has 1 atom stereocenters. The van der Waals surface area contributed by atoms with Gasteiger partial charge in [-0.1, -0.05) is 67.6 Å². The average molecular weight is 435 g/mol. The van der Waals surface area contributed by atoms with E-state index in [2.05, 4.69) is 24.0 Å². The molecule has 7 heteroatoms. The summed E-state index contributed by atoms with van der Waals surface area (Å²) in [7, 11) is 0. The lowest BCUT2D eigenvalue weighted by Crippen LogP contribution is -2.24. The molecule has 1 unspecified atom stereocenters. The molecule has 2 heterocycles. The summed E-state index contributed by atoms with van der Waals surface area (Å²) in [6, 6.07) is 15.1. The molecule has 4 rings (SSSR count). The summed E-state index contributed by atoms with van der Waals surface area (Å²) in [6.07, 6.45) is 0.867. The van der Waals surface area contributed by atoms with E-state index in [1.807, 2.05) is 66.8 Å². The first-order chi connectivity index (χ1) is 14.9. The molecule has 4 aromatic rings. The van der Waals surface area contributed by atoms with Gasteiger partial charge in [0.1, 0.15) is 0 Å². The van der Waals surface area contributed by atoms with Crippen LogP contribution in [0.4, 0.5) is 0 Å². The summed E-state index contributed by atoms with van der Waals surface area (Å²) in [5, 5.41) is 9.61. The third-order valence-corrected chi connectivity index (χ3v) is 6.44. The summed E-state index contributed by atoms with van der Waals surface area (Å²) in [6.45, 7) is 8.72. The lowest BCUT2D eigenvalue weighted by atomic mass is 10.1. The maximum absolute atomic E-state index is 13.1. The molecular weight excluding hydrogens is 408 g/mol. The van der Waals surface area contributed by atoms with E-state index in [0.717, 1.165) is 17.5 Å². The van der Waals surface area contributed by atoms with Crippen LogP contribution in [-0.4, -0.2) is 30.2 Å². The highest BCUT2D eigenvalue weighted by Crippen LogP contribution is 2.27. The number of hydrogen-bond donors (Lipinski definition) is 0. The third kappa shape index (κ3) is 4.14. The molecule has 0 N–H and O–H groups in total. The van der Waals surface area contributed by atoms with Gasteiger partial charge in [-0.2, -0.15) is 0 Å². The van der Waals surface area contributed by atoms with Gasteiger partial charge in [0.2, 0.25) is 5.78 Å². The van der Waals surface area contributed by atoms with Gasteiger partial charge in [-0.15, -0.1) is 10.2 Å². The van der Waals surface area contributed by atoms with Crippen LogP contribution < -0.4 is 5.56 Å². The first-order valence-corrected chi connectivity index (χ1v) is 11.4. The molecule has 0 amide bonds.